The highest BCUT2D eigenvalue weighted by Gasteiger charge is 2.36. The lowest BCUT2D eigenvalue weighted by Gasteiger charge is -2.38. The van der Waals surface area contributed by atoms with Crippen molar-refractivity contribution < 1.29 is 9.84 Å². The van der Waals surface area contributed by atoms with E-state index in [2.05, 4.69) is 32.2 Å². The number of guanidine groups is 1. The molecule has 2 aliphatic heterocycles. The fraction of sp³-hybridized carbons (Fsp3) is 0.667. The topological polar surface area (TPSA) is 60.3 Å². The molecule has 4 rings (SSSR count). The second kappa shape index (κ2) is 9.73. The molecule has 1 aromatic rings. The van der Waals surface area contributed by atoms with Crippen molar-refractivity contribution in [2.45, 2.75) is 24.9 Å². The molecule has 0 saturated carbocycles. The van der Waals surface area contributed by atoms with Gasteiger partial charge in [-0.25, -0.2) is 0 Å². The highest BCUT2D eigenvalue weighted by molar-refractivity contribution is 14.0. The Morgan fingerprint density at radius 1 is 1.29 bits per heavy atom. The fourth-order valence-electron chi connectivity index (χ4n) is 4.64. The van der Waals surface area contributed by atoms with Gasteiger partial charge in [0.1, 0.15) is 5.60 Å². The highest BCUT2D eigenvalue weighted by Crippen LogP contribution is 2.36. The van der Waals surface area contributed by atoms with Gasteiger partial charge in [0.15, 0.2) is 5.96 Å². The number of rotatable bonds is 4. The van der Waals surface area contributed by atoms with Crippen LogP contribution in [0.3, 0.4) is 0 Å². The lowest BCUT2D eigenvalue weighted by atomic mass is 9.96. The van der Waals surface area contributed by atoms with Crippen LogP contribution in [-0.4, -0.2) is 80.4 Å². The van der Waals surface area contributed by atoms with Crippen molar-refractivity contribution in [3.05, 3.63) is 35.4 Å². The van der Waals surface area contributed by atoms with Gasteiger partial charge < -0.3 is 20.1 Å². The number of benzene rings is 1. The van der Waals surface area contributed by atoms with Crippen LogP contribution in [0.15, 0.2) is 29.3 Å². The van der Waals surface area contributed by atoms with Crippen molar-refractivity contribution in [3.8, 4) is 0 Å². The number of halogens is 1. The monoisotopic (exact) mass is 500 g/mol. The number of aryl methyl sites for hydroxylation is 1. The Hall–Kier alpha value is -0.900. The zero-order valence-electron chi connectivity index (χ0n) is 16.8. The molecule has 6 nitrogen and oxygen atoms in total. The number of hydrogen-bond acceptors (Lipinski definition) is 4. The summed E-state index contributed by atoms with van der Waals surface area (Å²) >= 11 is 0. The molecular formula is C21H33IN4O2. The molecule has 3 aliphatic rings. The summed E-state index contributed by atoms with van der Waals surface area (Å²) in [4.78, 5) is 9.33. The summed E-state index contributed by atoms with van der Waals surface area (Å²) in [6.07, 6.45) is 2.91. The summed E-state index contributed by atoms with van der Waals surface area (Å²) in [7, 11) is 1.83. The van der Waals surface area contributed by atoms with E-state index in [4.69, 9.17) is 4.74 Å². The third-order valence-corrected chi connectivity index (χ3v) is 6.29. The summed E-state index contributed by atoms with van der Waals surface area (Å²) in [6.45, 7) is 7.57. The van der Waals surface area contributed by atoms with Crippen LogP contribution in [0.4, 0.5) is 0 Å². The Labute approximate surface area is 185 Å². The van der Waals surface area contributed by atoms with Crippen molar-refractivity contribution in [1.82, 2.24) is 15.1 Å². The molecule has 0 amide bonds. The molecule has 0 aromatic heterocycles. The first-order valence-corrected chi connectivity index (χ1v) is 10.2. The van der Waals surface area contributed by atoms with E-state index in [1.807, 2.05) is 19.2 Å². The second-order valence-electron chi connectivity index (χ2n) is 8.11. The normalized spacial score (nSPS) is 28.1. The first kappa shape index (κ1) is 21.8. The van der Waals surface area contributed by atoms with E-state index >= 15 is 0 Å². The summed E-state index contributed by atoms with van der Waals surface area (Å²) in [5.41, 5.74) is 1.54. The van der Waals surface area contributed by atoms with Crippen molar-refractivity contribution in [2.75, 3.05) is 59.5 Å². The van der Waals surface area contributed by atoms with Gasteiger partial charge in [-0.1, -0.05) is 24.3 Å². The Kier molecular flexibility index (Phi) is 7.58. The number of nitrogens with zero attached hydrogens (tertiary/aromatic N) is 3. The van der Waals surface area contributed by atoms with Crippen LogP contribution in [0.5, 0.6) is 0 Å². The summed E-state index contributed by atoms with van der Waals surface area (Å²) in [5, 5.41) is 14.6. The van der Waals surface area contributed by atoms with Gasteiger partial charge >= 0.3 is 0 Å². The molecule has 0 spiro atoms. The maximum absolute atomic E-state index is 11.1. The van der Waals surface area contributed by atoms with Crippen molar-refractivity contribution in [1.29, 1.82) is 0 Å². The second-order valence-corrected chi connectivity index (χ2v) is 8.11. The zero-order chi connectivity index (χ0) is 18.7. The average molecular weight is 500 g/mol. The molecule has 2 heterocycles. The maximum atomic E-state index is 11.1. The van der Waals surface area contributed by atoms with Crippen LogP contribution >= 0.6 is 24.0 Å². The van der Waals surface area contributed by atoms with Crippen molar-refractivity contribution in [2.24, 2.45) is 10.9 Å². The molecule has 156 valence electrons. The Morgan fingerprint density at radius 2 is 2.07 bits per heavy atom. The molecule has 0 radical (unpaired) electrons. The van der Waals surface area contributed by atoms with Crippen LogP contribution in [0, 0.1) is 5.92 Å². The number of ether oxygens (including phenoxy) is 1. The molecule has 7 heteroatoms. The molecule has 0 bridgehead atoms. The number of aliphatic imine (C=N–C) groups is 1. The molecule has 2 atom stereocenters. The van der Waals surface area contributed by atoms with Gasteiger partial charge in [0.2, 0.25) is 0 Å². The van der Waals surface area contributed by atoms with Gasteiger partial charge in [-0.2, -0.15) is 0 Å². The van der Waals surface area contributed by atoms with E-state index < -0.39 is 5.60 Å². The quantitative estimate of drug-likeness (QED) is 0.374. The number of piperazine rings is 1. The summed E-state index contributed by atoms with van der Waals surface area (Å²) < 4.78 is 5.50. The van der Waals surface area contributed by atoms with E-state index in [-0.39, 0.29) is 24.0 Å². The lowest BCUT2D eigenvalue weighted by Crippen LogP contribution is -2.54. The predicted octanol–water partition coefficient (Wildman–Crippen LogP) is 1.67. The SMILES string of the molecule is CN=C(NCC1(O)CCc2ccccc21)N1CCN(CC2CCOC2)CC1.I. The average Bonchev–Trinajstić information content (AvgIpc) is 3.32. The van der Waals surface area contributed by atoms with Crippen LogP contribution in [0.2, 0.25) is 0 Å². The molecule has 1 aliphatic carbocycles. The summed E-state index contributed by atoms with van der Waals surface area (Å²) in [6, 6.07) is 8.24. The predicted molar refractivity (Wildman–Crippen MR) is 122 cm³/mol. The Bertz CT molecular complexity index is 672. The van der Waals surface area contributed by atoms with E-state index in [1.165, 1.54) is 12.0 Å². The number of nitrogens with one attached hydrogen (secondary N) is 1. The largest absolute Gasteiger partial charge is 0.383 e. The maximum Gasteiger partial charge on any atom is 0.193 e. The molecule has 2 N–H and O–H groups in total. The van der Waals surface area contributed by atoms with Gasteiger partial charge in [-0.05, 0) is 36.3 Å². The standard InChI is InChI=1S/C21H32N4O2.HI/c1-22-20(23-16-21(26)8-6-18-4-2-3-5-19(18)21)25-11-9-24(10-12-25)14-17-7-13-27-15-17;/h2-5,17,26H,6-16H2,1H3,(H,22,23);1H. The number of fused-ring (bicyclic) bond motifs is 1. The van der Waals surface area contributed by atoms with Gasteiger partial charge in [0, 0.05) is 46.4 Å². The Morgan fingerprint density at radius 3 is 2.79 bits per heavy atom. The fourth-order valence-corrected chi connectivity index (χ4v) is 4.64. The molecule has 2 saturated heterocycles. The van der Waals surface area contributed by atoms with E-state index in [9.17, 15) is 5.11 Å². The minimum Gasteiger partial charge on any atom is -0.383 e. The summed E-state index contributed by atoms with van der Waals surface area (Å²) in [5.74, 6) is 1.60. The highest BCUT2D eigenvalue weighted by atomic mass is 127. The zero-order valence-corrected chi connectivity index (χ0v) is 19.1. The van der Waals surface area contributed by atoms with E-state index in [0.717, 1.165) is 70.3 Å². The molecular weight excluding hydrogens is 467 g/mol. The van der Waals surface area contributed by atoms with Crippen LogP contribution in [0.1, 0.15) is 24.0 Å². The molecule has 1 aromatic carbocycles. The minimum absolute atomic E-state index is 0. The molecule has 2 unspecified atom stereocenters. The molecule has 28 heavy (non-hydrogen) atoms. The smallest absolute Gasteiger partial charge is 0.193 e. The van der Waals surface area contributed by atoms with Gasteiger partial charge in [0.25, 0.3) is 0 Å². The Balaban J connectivity index is 0.00000225. The lowest BCUT2D eigenvalue weighted by molar-refractivity contribution is 0.0421. The van der Waals surface area contributed by atoms with Gasteiger partial charge in [-0.15, -0.1) is 24.0 Å². The van der Waals surface area contributed by atoms with Crippen LogP contribution in [0.25, 0.3) is 0 Å². The van der Waals surface area contributed by atoms with E-state index in [0.29, 0.717) is 12.5 Å². The minimum atomic E-state index is -0.795. The third-order valence-electron chi connectivity index (χ3n) is 6.29. The third kappa shape index (κ3) is 4.80. The van der Waals surface area contributed by atoms with Crippen molar-refractivity contribution >= 4 is 29.9 Å². The van der Waals surface area contributed by atoms with Crippen molar-refractivity contribution in [3.63, 3.8) is 0 Å². The van der Waals surface area contributed by atoms with Gasteiger partial charge in [0.05, 0.1) is 13.2 Å². The van der Waals surface area contributed by atoms with Crippen LogP contribution < -0.4 is 5.32 Å². The van der Waals surface area contributed by atoms with Crippen LogP contribution in [-0.2, 0) is 16.8 Å². The molecule has 2 fully saturated rings. The number of aliphatic hydroxyl groups is 1. The first-order valence-electron chi connectivity index (χ1n) is 10.2. The van der Waals surface area contributed by atoms with E-state index in [1.54, 1.807) is 0 Å². The van der Waals surface area contributed by atoms with Gasteiger partial charge in [-0.3, -0.25) is 9.89 Å². The first-order chi connectivity index (χ1) is 13.2. The number of hydrogen-bond donors (Lipinski definition) is 2.